The first-order valence-corrected chi connectivity index (χ1v) is 3.22. The number of aromatic nitrogens is 1. The Morgan fingerprint density at radius 3 is 3.10 bits per heavy atom. The third-order valence-electron chi connectivity index (χ3n) is 1.09. The van der Waals surface area contributed by atoms with E-state index in [2.05, 4.69) is 10.3 Å². The predicted molar refractivity (Wildman–Crippen MR) is 38.9 cm³/mol. The minimum atomic E-state index is -0.527. The van der Waals surface area contributed by atoms with Crippen molar-refractivity contribution in [3.8, 4) is 0 Å². The number of hydrogen-bond acceptors (Lipinski definition) is 1. The topological polar surface area (TPSA) is 44.9 Å². The first-order valence-electron chi connectivity index (χ1n) is 2.84. The molecule has 0 aliphatic heterocycles. The quantitative estimate of drug-likeness (QED) is 0.497. The van der Waals surface area contributed by atoms with Crippen molar-refractivity contribution in [1.82, 2.24) is 10.3 Å². The van der Waals surface area contributed by atoms with Crippen LogP contribution in [0.15, 0.2) is 18.5 Å². The average Bonchev–Trinajstić information content (AvgIpc) is 2.34. The average molecular weight is 159 g/mol. The summed E-state index contributed by atoms with van der Waals surface area (Å²) in [7, 11) is 0. The number of amides is 1. The SMILES string of the molecule is O=C(Cl)NCc1cc[nH]c1. The van der Waals surface area contributed by atoms with E-state index >= 15 is 0 Å². The molecule has 0 spiro atoms. The molecule has 0 saturated heterocycles. The van der Waals surface area contributed by atoms with E-state index in [1.54, 1.807) is 12.4 Å². The lowest BCUT2D eigenvalue weighted by molar-refractivity contribution is 0.259. The zero-order valence-electron chi connectivity index (χ0n) is 5.23. The molecule has 10 heavy (non-hydrogen) atoms. The number of carbonyl (C=O) groups excluding carboxylic acids is 1. The van der Waals surface area contributed by atoms with Crippen LogP contribution in [-0.2, 0) is 6.54 Å². The van der Waals surface area contributed by atoms with Crippen LogP contribution in [0.25, 0.3) is 0 Å². The molecule has 2 N–H and O–H groups in total. The highest BCUT2D eigenvalue weighted by atomic mass is 35.5. The fraction of sp³-hybridized carbons (Fsp3) is 0.167. The van der Waals surface area contributed by atoms with Crippen molar-refractivity contribution in [2.24, 2.45) is 0 Å². The molecule has 1 heterocycles. The first kappa shape index (κ1) is 7.15. The number of carbonyl (C=O) groups is 1. The number of hydrogen-bond donors (Lipinski definition) is 2. The van der Waals surface area contributed by atoms with Gasteiger partial charge in [-0.25, -0.2) is 0 Å². The molecule has 0 aliphatic carbocycles. The summed E-state index contributed by atoms with van der Waals surface area (Å²) in [6, 6.07) is 1.87. The van der Waals surface area contributed by atoms with Gasteiger partial charge >= 0.3 is 5.37 Å². The fourth-order valence-corrected chi connectivity index (χ4v) is 0.707. The molecule has 0 radical (unpaired) electrons. The molecule has 0 aliphatic rings. The van der Waals surface area contributed by atoms with Crippen LogP contribution < -0.4 is 5.32 Å². The van der Waals surface area contributed by atoms with E-state index in [0.717, 1.165) is 5.56 Å². The van der Waals surface area contributed by atoms with Gasteiger partial charge in [-0.05, 0) is 23.2 Å². The molecule has 1 rings (SSSR count). The van der Waals surface area contributed by atoms with Crippen molar-refractivity contribution in [3.63, 3.8) is 0 Å². The van der Waals surface area contributed by atoms with Gasteiger partial charge in [0.25, 0.3) is 0 Å². The van der Waals surface area contributed by atoms with E-state index in [4.69, 9.17) is 11.6 Å². The summed E-state index contributed by atoms with van der Waals surface area (Å²) in [6.07, 6.45) is 3.59. The number of aromatic amines is 1. The molecule has 0 aromatic carbocycles. The van der Waals surface area contributed by atoms with Crippen molar-refractivity contribution in [3.05, 3.63) is 24.0 Å². The molecule has 3 nitrogen and oxygen atoms in total. The van der Waals surface area contributed by atoms with E-state index < -0.39 is 5.37 Å². The van der Waals surface area contributed by atoms with Crippen molar-refractivity contribution in [2.45, 2.75) is 6.54 Å². The van der Waals surface area contributed by atoms with Crippen LogP contribution in [0, 0.1) is 0 Å². The lowest BCUT2D eigenvalue weighted by atomic mass is 10.3. The number of halogens is 1. The van der Waals surface area contributed by atoms with Crippen molar-refractivity contribution < 1.29 is 4.79 Å². The van der Waals surface area contributed by atoms with E-state index in [9.17, 15) is 4.79 Å². The highest BCUT2D eigenvalue weighted by Crippen LogP contribution is 1.95. The number of nitrogens with one attached hydrogen (secondary N) is 2. The zero-order valence-corrected chi connectivity index (χ0v) is 5.98. The Morgan fingerprint density at radius 1 is 1.80 bits per heavy atom. The standard InChI is InChI=1S/C6H7ClN2O/c7-6(10)9-4-5-1-2-8-3-5/h1-3,8H,4H2,(H,9,10). The van der Waals surface area contributed by atoms with E-state index in [-0.39, 0.29) is 0 Å². The Morgan fingerprint density at radius 2 is 2.60 bits per heavy atom. The maximum Gasteiger partial charge on any atom is 0.314 e. The van der Waals surface area contributed by atoms with Gasteiger partial charge < -0.3 is 10.3 Å². The number of H-pyrrole nitrogens is 1. The van der Waals surface area contributed by atoms with E-state index in [1.807, 2.05) is 6.07 Å². The summed E-state index contributed by atoms with van der Waals surface area (Å²) in [4.78, 5) is 13.0. The van der Waals surface area contributed by atoms with Crippen LogP contribution in [0.2, 0.25) is 0 Å². The molecular weight excluding hydrogens is 152 g/mol. The Bertz CT molecular complexity index is 208. The van der Waals surface area contributed by atoms with Gasteiger partial charge in [-0.1, -0.05) is 0 Å². The van der Waals surface area contributed by atoms with Gasteiger partial charge in [-0.2, -0.15) is 0 Å². The molecule has 1 amide bonds. The second kappa shape index (κ2) is 3.27. The zero-order chi connectivity index (χ0) is 7.40. The van der Waals surface area contributed by atoms with Crippen LogP contribution in [0.3, 0.4) is 0 Å². The Labute approximate surface area is 63.4 Å². The highest BCUT2D eigenvalue weighted by molar-refractivity contribution is 6.62. The van der Waals surface area contributed by atoms with Gasteiger partial charge in [0.1, 0.15) is 0 Å². The van der Waals surface area contributed by atoms with Crippen LogP contribution >= 0.6 is 11.6 Å². The van der Waals surface area contributed by atoms with Gasteiger partial charge in [-0.15, -0.1) is 0 Å². The second-order valence-corrected chi connectivity index (χ2v) is 2.19. The monoisotopic (exact) mass is 158 g/mol. The second-order valence-electron chi connectivity index (χ2n) is 1.85. The van der Waals surface area contributed by atoms with Gasteiger partial charge in [0.05, 0.1) is 0 Å². The molecule has 4 heteroatoms. The summed E-state index contributed by atoms with van der Waals surface area (Å²) >= 11 is 5.03. The summed E-state index contributed by atoms with van der Waals surface area (Å²) < 4.78 is 0. The van der Waals surface area contributed by atoms with Gasteiger partial charge in [0.15, 0.2) is 0 Å². The summed E-state index contributed by atoms with van der Waals surface area (Å²) in [5.74, 6) is 0. The highest BCUT2D eigenvalue weighted by Gasteiger charge is 1.93. The minimum Gasteiger partial charge on any atom is -0.367 e. The molecule has 1 aromatic heterocycles. The Kier molecular flexibility index (Phi) is 2.34. The fourth-order valence-electron chi connectivity index (χ4n) is 0.640. The Balaban J connectivity index is 2.35. The molecule has 0 saturated carbocycles. The minimum absolute atomic E-state index is 0.478. The van der Waals surface area contributed by atoms with Crippen LogP contribution in [0.4, 0.5) is 4.79 Å². The summed E-state index contributed by atoms with van der Waals surface area (Å²) in [6.45, 7) is 0.478. The van der Waals surface area contributed by atoms with E-state index in [1.165, 1.54) is 0 Å². The molecule has 0 fully saturated rings. The van der Waals surface area contributed by atoms with Gasteiger partial charge in [-0.3, -0.25) is 4.79 Å². The van der Waals surface area contributed by atoms with Crippen LogP contribution in [0.5, 0.6) is 0 Å². The van der Waals surface area contributed by atoms with Gasteiger partial charge in [0.2, 0.25) is 0 Å². The largest absolute Gasteiger partial charge is 0.367 e. The molecule has 0 atom stereocenters. The van der Waals surface area contributed by atoms with E-state index in [0.29, 0.717) is 6.54 Å². The number of rotatable bonds is 2. The molecule has 0 unspecified atom stereocenters. The molecular formula is C6H7ClN2O. The third-order valence-corrected chi connectivity index (χ3v) is 1.23. The van der Waals surface area contributed by atoms with Crippen molar-refractivity contribution in [2.75, 3.05) is 0 Å². The molecule has 0 bridgehead atoms. The van der Waals surface area contributed by atoms with Crippen LogP contribution in [0.1, 0.15) is 5.56 Å². The maximum absolute atomic E-state index is 10.2. The summed E-state index contributed by atoms with van der Waals surface area (Å²) in [5, 5.41) is 1.93. The first-order chi connectivity index (χ1) is 4.79. The smallest absolute Gasteiger partial charge is 0.314 e. The van der Waals surface area contributed by atoms with Crippen LogP contribution in [-0.4, -0.2) is 10.4 Å². The van der Waals surface area contributed by atoms with Gasteiger partial charge in [0, 0.05) is 18.9 Å². The lowest BCUT2D eigenvalue weighted by Crippen LogP contribution is -2.14. The third kappa shape index (κ3) is 2.11. The Hall–Kier alpha value is -0.960. The predicted octanol–water partition coefficient (Wildman–Crippen LogP) is 1.46. The maximum atomic E-state index is 10.2. The summed E-state index contributed by atoms with van der Waals surface area (Å²) in [5.41, 5.74) is 1.01. The van der Waals surface area contributed by atoms with Crippen molar-refractivity contribution >= 4 is 17.0 Å². The molecule has 1 aromatic rings. The lowest BCUT2D eigenvalue weighted by Gasteiger charge is -1.94. The van der Waals surface area contributed by atoms with Crippen molar-refractivity contribution in [1.29, 1.82) is 0 Å². The molecule has 54 valence electrons. The normalized spacial score (nSPS) is 9.30.